The topological polar surface area (TPSA) is 77.3 Å². The Morgan fingerprint density at radius 2 is 0.367 bits per heavy atom. The summed E-state index contributed by atoms with van der Waals surface area (Å²) < 4.78 is 0. The normalized spacial score (nSPS) is 11.0. The molecule has 0 saturated carbocycles. The van der Waals surface area contributed by atoms with E-state index in [4.69, 9.17) is 29.9 Å². The Morgan fingerprint density at radius 3 is 0.550 bits per heavy atom. The van der Waals surface area contributed by atoms with E-state index in [1.807, 2.05) is 67.5 Å². The van der Waals surface area contributed by atoms with Crippen molar-refractivity contribution in [2.45, 2.75) is 27.7 Å². The molecule has 0 aliphatic rings. The number of hydrogen-bond acceptors (Lipinski definition) is 6. The van der Waals surface area contributed by atoms with Gasteiger partial charge in [-0.1, -0.05) is 246 Å². The van der Waals surface area contributed by atoms with E-state index in [2.05, 4.69) is 373 Å². The molecule has 19 aromatic rings. The van der Waals surface area contributed by atoms with Crippen LogP contribution in [0.5, 0.6) is 0 Å². The third-order valence-electron chi connectivity index (χ3n) is 22.1. The molecule has 0 atom stereocenters. The van der Waals surface area contributed by atoms with Crippen LogP contribution in [0.15, 0.2) is 383 Å². The number of aromatic nitrogens is 6. The minimum atomic E-state index is 0. The number of rotatable bonds is 18. The Morgan fingerprint density at radius 1 is 0.175 bits per heavy atom. The summed E-state index contributed by atoms with van der Waals surface area (Å²) >= 11 is 0. The largest absolute Gasteiger partial charge is 3.00 e. The van der Waals surface area contributed by atoms with Gasteiger partial charge in [0.05, 0.1) is 0 Å². The first kappa shape index (κ1) is 78.6. The van der Waals surface area contributed by atoms with Gasteiger partial charge >= 0.3 is 20.1 Å². The molecule has 0 unspecified atom stereocenters. The summed E-state index contributed by atoms with van der Waals surface area (Å²) in [6.45, 7) is 8.39. The van der Waals surface area contributed by atoms with Gasteiger partial charge in [-0.15, -0.1) is 171 Å². The van der Waals surface area contributed by atoms with Crippen LogP contribution in [0.2, 0.25) is 0 Å². The van der Waals surface area contributed by atoms with E-state index in [9.17, 15) is 0 Å². The molecule has 0 aliphatic carbocycles. The number of aryl methyl sites for hydroxylation is 4. The van der Waals surface area contributed by atoms with Crippen LogP contribution in [0.4, 0.5) is 0 Å². The van der Waals surface area contributed by atoms with Crippen molar-refractivity contribution in [2.75, 3.05) is 0 Å². The van der Waals surface area contributed by atoms with Crippen LogP contribution in [0, 0.1) is 58.0 Å². The Bertz CT molecular complexity index is 6200. The molecule has 0 aliphatic heterocycles. The smallest absolute Gasteiger partial charge is 0.304 e. The van der Waals surface area contributed by atoms with Crippen LogP contribution in [-0.2, 0) is 40.2 Å². The maximum Gasteiger partial charge on any atom is 3.00 e. The first-order chi connectivity index (χ1) is 58.1. The van der Waals surface area contributed by atoms with Gasteiger partial charge in [0.2, 0.25) is 0 Å². The summed E-state index contributed by atoms with van der Waals surface area (Å²) in [5.74, 6) is 0. The average Bonchev–Trinajstić information content (AvgIpc) is 0.771. The maximum absolute atomic E-state index is 5.17. The second kappa shape index (κ2) is 35.1. The molecule has 120 heavy (non-hydrogen) atoms. The summed E-state index contributed by atoms with van der Waals surface area (Å²) in [5.41, 5.74) is 41.1. The Kier molecular flexibility index (Phi) is 23.0. The van der Waals surface area contributed by atoms with Gasteiger partial charge in [0, 0.05) is 68.5 Å². The van der Waals surface area contributed by atoms with E-state index in [1.54, 1.807) is 0 Å². The van der Waals surface area contributed by atoms with Gasteiger partial charge in [-0.05, 0) is 199 Å². The van der Waals surface area contributed by atoms with Crippen molar-refractivity contribution in [3.8, 4) is 201 Å². The minimum absolute atomic E-state index is 0. The van der Waals surface area contributed by atoms with Crippen LogP contribution in [0.1, 0.15) is 22.3 Å². The van der Waals surface area contributed by atoms with Crippen LogP contribution >= 0.6 is 0 Å². The molecule has 8 heteroatoms. The molecule has 0 spiro atoms. The fourth-order valence-electron chi connectivity index (χ4n) is 16.1. The van der Waals surface area contributed by atoms with E-state index in [1.165, 1.54) is 22.3 Å². The maximum atomic E-state index is 5.17. The molecule has 0 N–H and O–H groups in total. The van der Waals surface area contributed by atoms with Crippen LogP contribution in [0.25, 0.3) is 201 Å². The molecule has 1 radical (unpaired) electrons. The fraction of sp³-hybridized carbons (Fsp3) is 0.0357. The number of benzene rings is 13. The predicted octanol–water partition coefficient (Wildman–Crippen LogP) is 28.3. The molecular formula is C112H75Ir2N6-2. The average molecular weight is 1890 g/mol. The van der Waals surface area contributed by atoms with Crippen LogP contribution in [-0.4, -0.2) is 29.9 Å². The first-order valence-electron chi connectivity index (χ1n) is 39.7. The van der Waals surface area contributed by atoms with Gasteiger partial charge in [-0.25, -0.2) is 0 Å². The summed E-state index contributed by atoms with van der Waals surface area (Å²) in [6.07, 6.45) is 11.9. The molecule has 0 bridgehead atoms. The van der Waals surface area contributed by atoms with Gasteiger partial charge in [0.25, 0.3) is 0 Å². The van der Waals surface area contributed by atoms with Crippen molar-refractivity contribution >= 4 is 0 Å². The number of nitrogens with zero attached hydrogens (tertiary/aromatic N) is 6. The van der Waals surface area contributed by atoms with Gasteiger partial charge in [-0.2, -0.15) is 0 Å². The van der Waals surface area contributed by atoms with Crippen molar-refractivity contribution in [3.05, 3.63) is 436 Å². The second-order valence-corrected chi connectivity index (χ2v) is 30.1. The molecule has 13 aromatic carbocycles. The van der Waals surface area contributed by atoms with Crippen LogP contribution < -0.4 is 0 Å². The van der Waals surface area contributed by atoms with Crippen molar-refractivity contribution in [1.29, 1.82) is 0 Å². The summed E-state index contributed by atoms with van der Waals surface area (Å²) in [4.78, 5) is 30.4. The van der Waals surface area contributed by atoms with E-state index in [-0.39, 0.29) is 40.2 Å². The SMILES string of the molecule is Cc1cc[c-]c(-c2ccc(-c3ccccc3-c3cc(-c4ccccc4-c4ccc(-c5[c-]cc(-c6ccc(-c7ccccc7-c7cc(-c8ccccc8-c8ccc(-c9[c-]ccc(C)c9)nc8)cc(-c8ccccc8-c8ccc(-c9[c-]ccc(C)c9)nc8)c7)cn6)cc5)nc4)cc(-c4ccccc4-c4ccc(-c5[c-]ccc(C)c5)nc4)c3)cn2)c1.[Ir+3].[Ir]. The van der Waals surface area contributed by atoms with E-state index in [0.29, 0.717) is 0 Å². The van der Waals surface area contributed by atoms with E-state index >= 15 is 0 Å². The molecule has 6 nitrogen and oxygen atoms in total. The molecule has 6 aromatic heterocycles. The van der Waals surface area contributed by atoms with Gasteiger partial charge in [0.15, 0.2) is 0 Å². The second-order valence-electron chi connectivity index (χ2n) is 30.1. The Hall–Kier alpha value is -13.9. The van der Waals surface area contributed by atoms with Gasteiger partial charge in [-0.3, -0.25) is 4.98 Å². The first-order valence-corrected chi connectivity index (χ1v) is 39.7. The summed E-state index contributed by atoms with van der Waals surface area (Å²) in [6, 6.07) is 139. The molecule has 573 valence electrons. The molecule has 0 saturated heterocycles. The number of hydrogen-bond donors (Lipinski definition) is 0. The van der Waals surface area contributed by atoms with Crippen molar-refractivity contribution in [2.24, 2.45) is 0 Å². The van der Waals surface area contributed by atoms with E-state index < -0.39 is 0 Å². The zero-order valence-corrected chi connectivity index (χ0v) is 71.0. The minimum Gasteiger partial charge on any atom is -0.304 e. The predicted molar refractivity (Wildman–Crippen MR) is 484 cm³/mol. The molecule has 0 fully saturated rings. The third-order valence-corrected chi connectivity index (χ3v) is 22.1. The Balaban J connectivity index is 0.00000514. The summed E-state index contributed by atoms with van der Waals surface area (Å²) in [5, 5.41) is 0. The van der Waals surface area contributed by atoms with Gasteiger partial charge in [0.1, 0.15) is 0 Å². The standard InChI is InChI=1S/C112H75N6.2Ir/c1-73-21-17-25-79(57-73)109-53-47-85(69-115-109)97-31-7-13-37-103(97)91-61-89(62-92(65-91)104-38-14-8-32-98(104)86-48-54-110(116-70-86)80-26-18-22-74(2)58-80)101-35-11-5-29-95(101)83-45-51-107(113-67-83)77-41-43-78(44-42-77)108-52-46-84(68-114-108)96-30-6-12-36-102(96)90-63-93(105-39-15-9-33-99(105)87-49-55-111(117-71-87)81-27-19-23-75(3)59-81)66-94(64-90)106-40-16-10-34-100(106)88-50-56-112(118-72-88)82-28-20-24-76(4)60-82;;/h5-24,29-43,45-72H,1-4H3;;/q-5;;+3. The number of pyridine rings is 6. The quantitative estimate of drug-likeness (QED) is 0.0797. The molecular weight excluding hydrogens is 1810 g/mol. The zero-order chi connectivity index (χ0) is 79.4. The van der Waals surface area contributed by atoms with Crippen LogP contribution in [0.3, 0.4) is 0 Å². The fourth-order valence-corrected chi connectivity index (χ4v) is 16.1. The molecule has 19 rings (SSSR count). The Labute approximate surface area is 728 Å². The zero-order valence-electron chi connectivity index (χ0n) is 66.2. The molecule has 0 amide bonds. The molecule has 6 heterocycles. The summed E-state index contributed by atoms with van der Waals surface area (Å²) in [7, 11) is 0. The third kappa shape index (κ3) is 16.6. The van der Waals surface area contributed by atoms with Crippen molar-refractivity contribution in [1.82, 2.24) is 29.9 Å². The van der Waals surface area contributed by atoms with Crippen molar-refractivity contribution in [3.63, 3.8) is 0 Å². The monoisotopic (exact) mass is 1890 g/mol. The van der Waals surface area contributed by atoms with Gasteiger partial charge < -0.3 is 24.9 Å². The van der Waals surface area contributed by atoms with E-state index in [0.717, 1.165) is 201 Å². The van der Waals surface area contributed by atoms with Crippen molar-refractivity contribution < 1.29 is 40.2 Å².